The number of fused-ring (bicyclic) bond motifs is 2. The van der Waals surface area contributed by atoms with E-state index in [1.165, 1.54) is 63.8 Å². The van der Waals surface area contributed by atoms with Crippen LogP contribution in [0.4, 0.5) is 0 Å². The van der Waals surface area contributed by atoms with Crippen molar-refractivity contribution in [1.29, 1.82) is 0 Å². The summed E-state index contributed by atoms with van der Waals surface area (Å²) in [6, 6.07) is 9.17. The molecule has 2 N–H and O–H groups in total. The molecule has 0 atom stereocenters. The zero-order chi connectivity index (χ0) is 26.2. The standard InChI is InChI=1S/C31H47O3P/c1-10-11-12-13-14-15-31(34-35(32)33)27-23(16-21(2)18-25(27)29(4,5)6)20-24-17-22(3)19-26(28(24)31)30(7,8)9/h16-19,32-33H,10-15,20H2,1-9H3. The Morgan fingerprint density at radius 3 is 1.63 bits per heavy atom. The minimum absolute atomic E-state index is 0.106. The molecule has 0 amide bonds. The second-order valence-electron chi connectivity index (χ2n) is 12.7. The Hall–Kier alpha value is -1.25. The van der Waals surface area contributed by atoms with Gasteiger partial charge in [-0.2, -0.15) is 0 Å². The molecule has 4 heteroatoms. The van der Waals surface area contributed by atoms with Crippen molar-refractivity contribution in [3.8, 4) is 0 Å². The molecule has 35 heavy (non-hydrogen) atoms. The van der Waals surface area contributed by atoms with Crippen LogP contribution in [0.1, 0.15) is 131 Å². The van der Waals surface area contributed by atoms with Gasteiger partial charge in [-0.15, -0.1) is 0 Å². The minimum Gasteiger partial charge on any atom is -0.328 e. The normalized spacial score (nSPS) is 15.3. The zero-order valence-corrected chi connectivity index (χ0v) is 24.4. The van der Waals surface area contributed by atoms with Crippen molar-refractivity contribution in [2.45, 2.75) is 124 Å². The summed E-state index contributed by atoms with van der Waals surface area (Å²) < 4.78 is 6.47. The van der Waals surface area contributed by atoms with E-state index in [-0.39, 0.29) is 10.8 Å². The lowest BCUT2D eigenvalue weighted by Gasteiger charge is -2.46. The third kappa shape index (κ3) is 6.02. The van der Waals surface area contributed by atoms with Gasteiger partial charge in [-0.3, -0.25) is 4.52 Å². The Balaban J connectivity index is 2.40. The summed E-state index contributed by atoms with van der Waals surface area (Å²) >= 11 is 0. The summed E-state index contributed by atoms with van der Waals surface area (Å²) in [5, 5.41) is 0. The van der Waals surface area contributed by atoms with Crippen molar-refractivity contribution in [2.75, 3.05) is 0 Å². The van der Waals surface area contributed by atoms with Gasteiger partial charge in [0.05, 0.1) is 0 Å². The van der Waals surface area contributed by atoms with Crippen LogP contribution in [0.15, 0.2) is 24.3 Å². The van der Waals surface area contributed by atoms with Crippen LogP contribution in [0, 0.1) is 13.8 Å². The van der Waals surface area contributed by atoms with E-state index in [1.54, 1.807) is 0 Å². The largest absolute Gasteiger partial charge is 0.328 e. The maximum Gasteiger partial charge on any atom is 0.328 e. The molecule has 0 heterocycles. The predicted molar refractivity (Wildman–Crippen MR) is 149 cm³/mol. The molecule has 0 aromatic heterocycles. The maximum absolute atomic E-state index is 10.5. The minimum atomic E-state index is -2.56. The fraction of sp³-hybridized carbons (Fsp3) is 0.613. The maximum atomic E-state index is 10.5. The van der Waals surface area contributed by atoms with Crippen LogP contribution < -0.4 is 0 Å². The first kappa shape index (κ1) is 28.3. The lowest BCUT2D eigenvalue weighted by molar-refractivity contribution is 0.0718. The number of hydrogen-bond acceptors (Lipinski definition) is 3. The Morgan fingerprint density at radius 1 is 0.771 bits per heavy atom. The third-order valence-electron chi connectivity index (χ3n) is 7.40. The van der Waals surface area contributed by atoms with Gasteiger partial charge in [-0.05, 0) is 77.3 Å². The Bertz CT molecular complexity index is 971. The molecule has 0 spiro atoms. The summed E-state index contributed by atoms with van der Waals surface area (Å²) in [6.07, 6.45) is 7.31. The number of unbranched alkanes of at least 4 members (excludes halogenated alkanes) is 4. The van der Waals surface area contributed by atoms with Crippen LogP contribution in [0.3, 0.4) is 0 Å². The van der Waals surface area contributed by atoms with Gasteiger partial charge in [-0.25, -0.2) is 0 Å². The van der Waals surface area contributed by atoms with Crippen LogP contribution in [0.5, 0.6) is 0 Å². The first-order valence-corrected chi connectivity index (χ1v) is 14.5. The monoisotopic (exact) mass is 498 g/mol. The van der Waals surface area contributed by atoms with Crippen molar-refractivity contribution in [3.63, 3.8) is 0 Å². The summed E-state index contributed by atoms with van der Waals surface area (Å²) in [5.74, 6) is 0. The Morgan fingerprint density at radius 2 is 1.23 bits per heavy atom. The molecule has 3 nitrogen and oxygen atoms in total. The first-order chi connectivity index (χ1) is 16.2. The van der Waals surface area contributed by atoms with Gasteiger partial charge >= 0.3 is 8.60 Å². The van der Waals surface area contributed by atoms with E-state index < -0.39 is 14.2 Å². The predicted octanol–water partition coefficient (Wildman–Crippen LogP) is 8.63. The van der Waals surface area contributed by atoms with Crippen LogP contribution >= 0.6 is 8.60 Å². The quantitative estimate of drug-likeness (QED) is 0.283. The van der Waals surface area contributed by atoms with E-state index in [1.807, 2.05) is 0 Å². The summed E-state index contributed by atoms with van der Waals surface area (Å²) in [6.45, 7) is 20.1. The molecule has 0 saturated carbocycles. The van der Waals surface area contributed by atoms with E-state index >= 15 is 0 Å². The van der Waals surface area contributed by atoms with Crippen molar-refractivity contribution in [3.05, 3.63) is 68.8 Å². The van der Waals surface area contributed by atoms with Crippen molar-refractivity contribution in [2.24, 2.45) is 0 Å². The second kappa shape index (κ2) is 10.6. The zero-order valence-electron chi connectivity index (χ0n) is 23.5. The fourth-order valence-corrected chi connectivity index (χ4v) is 6.53. The topological polar surface area (TPSA) is 49.7 Å². The molecule has 194 valence electrons. The fourth-order valence-electron chi connectivity index (χ4n) is 5.97. The van der Waals surface area contributed by atoms with Gasteiger partial charge in [0.2, 0.25) is 0 Å². The van der Waals surface area contributed by atoms with Crippen molar-refractivity contribution < 1.29 is 14.3 Å². The molecule has 1 aliphatic carbocycles. The molecule has 0 fully saturated rings. The molecule has 0 aliphatic heterocycles. The Labute approximate surface area is 215 Å². The third-order valence-corrected chi connectivity index (χ3v) is 7.88. The van der Waals surface area contributed by atoms with Gasteiger partial charge in [0.15, 0.2) is 0 Å². The van der Waals surface area contributed by atoms with E-state index in [2.05, 4.69) is 86.6 Å². The molecule has 0 saturated heterocycles. The van der Waals surface area contributed by atoms with E-state index in [0.717, 1.165) is 25.7 Å². The second-order valence-corrected chi connectivity index (χ2v) is 13.4. The highest BCUT2D eigenvalue weighted by atomic mass is 31.2. The summed E-state index contributed by atoms with van der Waals surface area (Å²) in [7, 11) is -2.56. The highest BCUT2D eigenvalue weighted by Crippen LogP contribution is 2.56. The average molecular weight is 499 g/mol. The van der Waals surface area contributed by atoms with E-state index in [4.69, 9.17) is 4.52 Å². The van der Waals surface area contributed by atoms with Crippen molar-refractivity contribution in [1.82, 2.24) is 0 Å². The molecule has 2 aromatic carbocycles. The van der Waals surface area contributed by atoms with E-state index in [0.29, 0.717) is 0 Å². The molecule has 0 bridgehead atoms. The number of rotatable bonds is 8. The lowest BCUT2D eigenvalue weighted by Crippen LogP contribution is -2.40. The molecule has 0 radical (unpaired) electrons. The molecule has 1 aliphatic rings. The summed E-state index contributed by atoms with van der Waals surface area (Å²) in [4.78, 5) is 20.9. The molecule has 0 unspecified atom stereocenters. The van der Waals surface area contributed by atoms with Crippen molar-refractivity contribution >= 4 is 8.60 Å². The highest BCUT2D eigenvalue weighted by Gasteiger charge is 2.48. The molecular formula is C31H47O3P. The SMILES string of the molecule is CCCCCCCC1(OP(O)O)c2c(cc(C)cc2C(C)(C)C)Cc2cc(C)cc(C(C)(C)C)c21. The smallest absolute Gasteiger partial charge is 0.328 e. The number of aryl methyl sites for hydroxylation is 2. The molecule has 2 aromatic rings. The summed E-state index contributed by atoms with van der Waals surface area (Å²) in [5.41, 5.74) is 8.77. The van der Waals surface area contributed by atoms with Gasteiger partial charge in [-0.1, -0.05) is 110 Å². The number of hydrogen-bond donors (Lipinski definition) is 2. The molecular weight excluding hydrogens is 451 g/mol. The lowest BCUT2D eigenvalue weighted by atomic mass is 9.63. The Kier molecular flexibility index (Phi) is 8.60. The van der Waals surface area contributed by atoms with Crippen LogP contribution in [-0.4, -0.2) is 9.79 Å². The first-order valence-electron chi connectivity index (χ1n) is 13.4. The van der Waals surface area contributed by atoms with Crippen LogP contribution in [-0.2, 0) is 27.4 Å². The number of benzene rings is 2. The van der Waals surface area contributed by atoms with Gasteiger partial charge in [0.1, 0.15) is 5.60 Å². The van der Waals surface area contributed by atoms with E-state index in [9.17, 15) is 9.79 Å². The van der Waals surface area contributed by atoms with Gasteiger partial charge in [0, 0.05) is 0 Å². The highest BCUT2D eigenvalue weighted by molar-refractivity contribution is 7.39. The van der Waals surface area contributed by atoms with Gasteiger partial charge < -0.3 is 9.79 Å². The van der Waals surface area contributed by atoms with Gasteiger partial charge in [0.25, 0.3) is 0 Å². The molecule has 3 rings (SSSR count). The van der Waals surface area contributed by atoms with Crippen LogP contribution in [0.2, 0.25) is 0 Å². The van der Waals surface area contributed by atoms with Crippen LogP contribution in [0.25, 0.3) is 0 Å². The average Bonchev–Trinajstić information content (AvgIpc) is 2.70.